The first-order chi connectivity index (χ1) is 20.4. The molecular weight excluding hydrogens is 560 g/mol. The Hall–Kier alpha value is -5.10. The number of allylic oxidation sites excluding steroid dienone is 1. The number of aromatic amines is 1. The van der Waals surface area contributed by atoms with E-state index in [9.17, 15) is 14.4 Å². The molecule has 1 aliphatic heterocycles. The summed E-state index contributed by atoms with van der Waals surface area (Å²) in [7, 11) is 1.27. The van der Waals surface area contributed by atoms with Crippen LogP contribution < -0.4 is 10.6 Å². The van der Waals surface area contributed by atoms with Crippen molar-refractivity contribution in [3.05, 3.63) is 89.1 Å². The predicted octanol–water partition coefficient (Wildman–Crippen LogP) is 5.07. The number of methoxy groups -OCH3 is 1. The molecule has 0 aliphatic carbocycles. The summed E-state index contributed by atoms with van der Waals surface area (Å²) in [6.45, 7) is 0. The Kier molecular flexibility index (Phi) is 8.83. The number of ether oxygens (including phenoxy) is 1. The van der Waals surface area contributed by atoms with Gasteiger partial charge in [-0.15, -0.1) is 5.10 Å². The first-order valence-electron chi connectivity index (χ1n) is 13.1. The molecule has 0 unspecified atom stereocenters. The van der Waals surface area contributed by atoms with E-state index in [1.807, 2.05) is 12.2 Å². The van der Waals surface area contributed by atoms with E-state index in [2.05, 4.69) is 40.9 Å². The zero-order chi connectivity index (χ0) is 29.5. The van der Waals surface area contributed by atoms with Crippen LogP contribution in [-0.2, 0) is 9.53 Å². The van der Waals surface area contributed by atoms with Gasteiger partial charge in [-0.2, -0.15) is 4.68 Å². The van der Waals surface area contributed by atoms with Crippen LogP contribution in [0.4, 0.5) is 10.5 Å². The van der Waals surface area contributed by atoms with Gasteiger partial charge >= 0.3 is 6.09 Å². The van der Waals surface area contributed by atoms with Crippen LogP contribution in [-0.4, -0.2) is 55.1 Å². The monoisotopic (exact) mass is 586 g/mol. The van der Waals surface area contributed by atoms with E-state index in [-0.39, 0.29) is 11.7 Å². The number of benzene rings is 2. The van der Waals surface area contributed by atoms with Gasteiger partial charge in [0.05, 0.1) is 30.7 Å². The summed E-state index contributed by atoms with van der Waals surface area (Å²) in [5.41, 5.74) is 3.46. The van der Waals surface area contributed by atoms with Crippen LogP contribution in [0.5, 0.6) is 0 Å². The number of imidazole rings is 1. The highest BCUT2D eigenvalue weighted by atomic mass is 35.5. The smallest absolute Gasteiger partial charge is 0.411 e. The summed E-state index contributed by atoms with van der Waals surface area (Å²) >= 11 is 6.20. The van der Waals surface area contributed by atoms with Crippen molar-refractivity contribution in [1.82, 2.24) is 35.5 Å². The molecule has 3 heterocycles. The van der Waals surface area contributed by atoms with Gasteiger partial charge in [-0.05, 0) is 66.1 Å². The number of carbonyl (C=O) groups is 3. The second kappa shape index (κ2) is 13.0. The lowest BCUT2D eigenvalue weighted by Crippen LogP contribution is -2.27. The van der Waals surface area contributed by atoms with Crippen molar-refractivity contribution in [3.8, 4) is 16.9 Å². The van der Waals surface area contributed by atoms with Gasteiger partial charge in [-0.25, -0.2) is 9.78 Å². The number of hydrogen-bond acceptors (Lipinski definition) is 8. The van der Waals surface area contributed by atoms with E-state index in [0.717, 1.165) is 0 Å². The molecule has 12 nitrogen and oxygen atoms in total. The number of carbonyl (C=O) groups excluding carboxylic acids is 3. The second-order valence-electron chi connectivity index (χ2n) is 9.43. The number of amides is 2. The fraction of sp³-hybridized carbons (Fsp3) is 0.207. The van der Waals surface area contributed by atoms with Crippen molar-refractivity contribution in [2.24, 2.45) is 0 Å². The molecule has 214 valence electrons. The standard InChI is InChI=1S/C29H27ClN8O4/c1-42-29(41)33-20-10-11-21-22(15-20)26(39)7-5-3-2-4-6-23(28-31-16-24(21)35-28)34-27(40)13-8-18-14-19(30)9-12-25(18)38-17-32-36-37-38/h2,4,8-17,23H,3,5-7H2,1H3,(H,31,35)(H,33,41)(H,34,40)/b4-2+,13-8+/t23-/m0/s1. The molecule has 13 heteroatoms. The molecule has 2 bridgehead atoms. The topological polar surface area (TPSA) is 157 Å². The molecule has 0 fully saturated rings. The molecule has 42 heavy (non-hydrogen) atoms. The highest BCUT2D eigenvalue weighted by molar-refractivity contribution is 6.30. The van der Waals surface area contributed by atoms with Crippen LogP contribution >= 0.6 is 11.6 Å². The van der Waals surface area contributed by atoms with E-state index in [1.165, 1.54) is 24.2 Å². The lowest BCUT2D eigenvalue weighted by Gasteiger charge is -2.14. The Balaban J connectivity index is 1.41. The van der Waals surface area contributed by atoms with Crippen LogP contribution in [0.15, 0.2) is 67.2 Å². The quantitative estimate of drug-likeness (QED) is 0.216. The largest absolute Gasteiger partial charge is 0.453 e. The van der Waals surface area contributed by atoms with Crippen molar-refractivity contribution < 1.29 is 19.1 Å². The maximum Gasteiger partial charge on any atom is 0.411 e. The van der Waals surface area contributed by atoms with Gasteiger partial charge in [0, 0.05) is 39.9 Å². The predicted molar refractivity (Wildman–Crippen MR) is 156 cm³/mol. The number of ketones is 1. The van der Waals surface area contributed by atoms with Gasteiger partial charge in [0.2, 0.25) is 5.91 Å². The summed E-state index contributed by atoms with van der Waals surface area (Å²) in [6.07, 6.45) is 11.6. The molecule has 3 N–H and O–H groups in total. The summed E-state index contributed by atoms with van der Waals surface area (Å²) in [6, 6.07) is 9.79. The fourth-order valence-corrected chi connectivity index (χ4v) is 4.72. The van der Waals surface area contributed by atoms with Crippen molar-refractivity contribution in [2.75, 3.05) is 12.4 Å². The van der Waals surface area contributed by atoms with E-state index in [0.29, 0.717) is 70.3 Å². The highest BCUT2D eigenvalue weighted by Gasteiger charge is 2.20. The molecule has 2 aromatic heterocycles. The van der Waals surface area contributed by atoms with Gasteiger partial charge < -0.3 is 15.0 Å². The molecule has 5 rings (SSSR count). The summed E-state index contributed by atoms with van der Waals surface area (Å²) < 4.78 is 6.16. The Bertz CT molecular complexity index is 1660. The van der Waals surface area contributed by atoms with Crippen molar-refractivity contribution in [1.29, 1.82) is 0 Å². The van der Waals surface area contributed by atoms with Gasteiger partial charge in [0.25, 0.3) is 0 Å². The van der Waals surface area contributed by atoms with Crippen molar-refractivity contribution in [2.45, 2.75) is 31.7 Å². The van der Waals surface area contributed by atoms with Crippen LogP contribution in [0.25, 0.3) is 23.0 Å². The third-order valence-electron chi connectivity index (χ3n) is 6.60. The molecular formula is C29H27ClN8O4. The fourth-order valence-electron chi connectivity index (χ4n) is 4.54. The number of fused-ring (bicyclic) bond motifs is 4. The number of anilines is 1. The minimum absolute atomic E-state index is 0.0561. The van der Waals surface area contributed by atoms with Crippen molar-refractivity contribution in [3.63, 3.8) is 0 Å². The number of nitrogens with zero attached hydrogens (tertiary/aromatic N) is 5. The average molecular weight is 587 g/mol. The number of nitrogens with one attached hydrogen (secondary N) is 3. The Morgan fingerprint density at radius 2 is 2.05 bits per heavy atom. The molecule has 2 amide bonds. The van der Waals surface area contributed by atoms with Crippen molar-refractivity contribution >= 4 is 41.1 Å². The number of tetrazole rings is 1. The van der Waals surface area contributed by atoms with Crippen LogP contribution in [0.2, 0.25) is 5.02 Å². The minimum Gasteiger partial charge on any atom is -0.453 e. The van der Waals surface area contributed by atoms with E-state index < -0.39 is 12.1 Å². The molecule has 0 saturated heterocycles. The van der Waals surface area contributed by atoms with E-state index >= 15 is 0 Å². The lowest BCUT2D eigenvalue weighted by molar-refractivity contribution is -0.117. The molecule has 2 aromatic carbocycles. The Morgan fingerprint density at radius 1 is 1.17 bits per heavy atom. The Labute approximate surface area is 245 Å². The van der Waals surface area contributed by atoms with Gasteiger partial charge in [-0.3, -0.25) is 14.9 Å². The third-order valence-corrected chi connectivity index (χ3v) is 6.83. The molecule has 0 saturated carbocycles. The number of Topliss-reactive ketones (excluding diaryl/α,β-unsaturated/α-hetero) is 1. The summed E-state index contributed by atoms with van der Waals surface area (Å²) in [5, 5.41) is 17.4. The zero-order valence-electron chi connectivity index (χ0n) is 22.6. The minimum atomic E-state index is -0.629. The first kappa shape index (κ1) is 28.4. The normalized spacial score (nSPS) is 16.0. The molecule has 1 aliphatic rings. The second-order valence-corrected chi connectivity index (χ2v) is 9.87. The van der Waals surface area contributed by atoms with Crippen LogP contribution in [0, 0.1) is 0 Å². The highest BCUT2D eigenvalue weighted by Crippen LogP contribution is 2.29. The zero-order valence-corrected chi connectivity index (χ0v) is 23.3. The van der Waals surface area contributed by atoms with Gasteiger partial charge in [0.1, 0.15) is 12.2 Å². The SMILES string of the molecule is COC(=O)Nc1ccc2c(c1)C(=O)CCC/C=C/C[C@H](NC(=O)/C=C/c1cc(Cl)ccc1-n1cnnn1)c1ncc-2[nH]1. The molecule has 0 radical (unpaired) electrons. The Morgan fingerprint density at radius 3 is 2.86 bits per heavy atom. The van der Waals surface area contributed by atoms with Gasteiger partial charge in [0.15, 0.2) is 5.78 Å². The summed E-state index contributed by atoms with van der Waals surface area (Å²) in [5.74, 6) is 0.134. The third kappa shape index (κ3) is 6.78. The van der Waals surface area contributed by atoms with E-state index in [1.54, 1.807) is 48.7 Å². The van der Waals surface area contributed by atoms with Gasteiger partial charge in [-0.1, -0.05) is 29.8 Å². The summed E-state index contributed by atoms with van der Waals surface area (Å²) in [4.78, 5) is 45.8. The molecule has 0 spiro atoms. The van der Waals surface area contributed by atoms with Crippen LogP contribution in [0.1, 0.15) is 53.5 Å². The average Bonchev–Trinajstić information content (AvgIpc) is 3.70. The van der Waals surface area contributed by atoms with E-state index in [4.69, 9.17) is 11.6 Å². The number of halogens is 1. The maximum atomic E-state index is 13.2. The molecule has 4 aromatic rings. The number of aromatic nitrogens is 6. The maximum absolute atomic E-state index is 13.2. The number of hydrogen-bond donors (Lipinski definition) is 3. The number of H-pyrrole nitrogens is 1. The lowest BCUT2D eigenvalue weighted by atomic mass is 9.97. The first-order valence-corrected chi connectivity index (χ1v) is 13.5. The molecule has 1 atom stereocenters. The van der Waals surface area contributed by atoms with Crippen LogP contribution in [0.3, 0.4) is 0 Å². The number of rotatable bonds is 5.